The van der Waals surface area contributed by atoms with Gasteiger partial charge in [0.25, 0.3) is 0 Å². The molecule has 4 heteroatoms. The van der Waals surface area contributed by atoms with E-state index in [0.717, 1.165) is 29.2 Å². The number of allylic oxidation sites excluding steroid dienone is 1. The van der Waals surface area contributed by atoms with Gasteiger partial charge in [0.05, 0.1) is 9.62 Å². The summed E-state index contributed by atoms with van der Waals surface area (Å²) in [7, 11) is 0. The number of hydrogen-bond donors (Lipinski definition) is 0. The lowest BCUT2D eigenvalue weighted by Gasteiger charge is -2.46. The Morgan fingerprint density at radius 2 is 2.05 bits per heavy atom. The minimum atomic E-state index is -0.167. The molecule has 1 atom stereocenters. The van der Waals surface area contributed by atoms with Crippen LogP contribution < -0.4 is 4.74 Å². The van der Waals surface area contributed by atoms with Crippen molar-refractivity contribution < 1.29 is 4.74 Å². The van der Waals surface area contributed by atoms with Crippen molar-refractivity contribution in [3.8, 4) is 11.8 Å². The average molecular weight is 305 g/mol. The second-order valence-corrected chi connectivity index (χ2v) is 8.89. The number of fused-ring (bicyclic) bond motifs is 2. The van der Waals surface area contributed by atoms with E-state index in [0.29, 0.717) is 0 Å². The van der Waals surface area contributed by atoms with Gasteiger partial charge < -0.3 is 4.74 Å². The van der Waals surface area contributed by atoms with Crippen molar-refractivity contribution in [2.24, 2.45) is 0 Å². The molecule has 0 bridgehead atoms. The van der Waals surface area contributed by atoms with Crippen LogP contribution in [-0.4, -0.2) is 11.4 Å². The Hall–Kier alpha value is -0.920. The zero-order valence-electron chi connectivity index (χ0n) is 12.4. The number of nitrogens with zero attached hydrogens (tertiary/aromatic N) is 1. The number of hydrogen-bond acceptors (Lipinski definition) is 4. The molecular formula is C16H19NOS2. The van der Waals surface area contributed by atoms with Crippen LogP contribution in [0.25, 0.3) is 0 Å². The minimum absolute atomic E-state index is 0.0977. The van der Waals surface area contributed by atoms with Crippen molar-refractivity contribution >= 4 is 23.1 Å². The van der Waals surface area contributed by atoms with Crippen LogP contribution in [0.4, 0.5) is 0 Å². The third-order valence-electron chi connectivity index (χ3n) is 4.16. The van der Waals surface area contributed by atoms with E-state index in [1.54, 1.807) is 11.3 Å². The maximum atomic E-state index is 9.19. The van der Waals surface area contributed by atoms with Crippen LogP contribution in [0.3, 0.4) is 0 Å². The highest BCUT2D eigenvalue weighted by Gasteiger charge is 2.48. The van der Waals surface area contributed by atoms with Crippen molar-refractivity contribution in [3.63, 3.8) is 0 Å². The van der Waals surface area contributed by atoms with Crippen LogP contribution in [0.15, 0.2) is 17.2 Å². The number of ether oxygens (including phenoxy) is 1. The molecule has 0 aliphatic carbocycles. The fraction of sp³-hybridized carbons (Fsp3) is 0.562. The van der Waals surface area contributed by atoms with Crippen molar-refractivity contribution in [1.29, 1.82) is 5.26 Å². The lowest BCUT2D eigenvalue weighted by atomic mass is 9.83. The predicted molar refractivity (Wildman–Crippen MR) is 85.5 cm³/mol. The molecule has 0 aromatic carbocycles. The van der Waals surface area contributed by atoms with Crippen LogP contribution in [0.1, 0.15) is 50.3 Å². The maximum Gasteiger partial charge on any atom is 0.136 e. The number of rotatable bonds is 0. The molecule has 106 valence electrons. The lowest BCUT2D eigenvalue weighted by Crippen LogP contribution is -2.43. The molecule has 0 saturated heterocycles. The first-order valence-electron chi connectivity index (χ1n) is 6.88. The van der Waals surface area contributed by atoms with Crippen LogP contribution in [0.5, 0.6) is 5.75 Å². The van der Waals surface area contributed by atoms with E-state index in [1.165, 1.54) is 16.0 Å². The van der Waals surface area contributed by atoms with E-state index in [9.17, 15) is 5.26 Å². The predicted octanol–water partition coefficient (Wildman–Crippen LogP) is 4.85. The highest BCUT2D eigenvalue weighted by molar-refractivity contribution is 8.00. The van der Waals surface area contributed by atoms with Gasteiger partial charge in [0, 0.05) is 18.2 Å². The zero-order valence-corrected chi connectivity index (χ0v) is 14.0. The van der Waals surface area contributed by atoms with Crippen molar-refractivity contribution in [2.45, 2.75) is 50.9 Å². The quantitative estimate of drug-likeness (QED) is 0.642. The van der Waals surface area contributed by atoms with Crippen molar-refractivity contribution in [3.05, 3.63) is 27.0 Å². The number of thioether (sulfide) groups is 1. The summed E-state index contributed by atoms with van der Waals surface area (Å²) in [6, 6.07) is 4.19. The molecule has 2 aliphatic heterocycles. The van der Waals surface area contributed by atoms with E-state index in [4.69, 9.17) is 4.74 Å². The molecule has 3 heterocycles. The van der Waals surface area contributed by atoms with Crippen LogP contribution in [0.2, 0.25) is 0 Å². The first-order chi connectivity index (χ1) is 9.35. The lowest BCUT2D eigenvalue weighted by molar-refractivity contribution is 0.0671. The molecule has 1 aromatic rings. The molecule has 1 spiro atoms. The van der Waals surface area contributed by atoms with Crippen LogP contribution >= 0.6 is 23.1 Å². The summed E-state index contributed by atoms with van der Waals surface area (Å²) in [5.74, 6) is 2.02. The summed E-state index contributed by atoms with van der Waals surface area (Å²) < 4.78 is 6.22. The second-order valence-electron chi connectivity index (χ2n) is 6.47. The minimum Gasteiger partial charge on any atom is -0.487 e. The molecule has 20 heavy (non-hydrogen) atoms. The fourth-order valence-corrected chi connectivity index (χ4v) is 6.19. The maximum absolute atomic E-state index is 9.19. The Morgan fingerprint density at radius 1 is 1.30 bits per heavy atom. The van der Waals surface area contributed by atoms with Gasteiger partial charge in [-0.1, -0.05) is 11.1 Å². The van der Waals surface area contributed by atoms with Gasteiger partial charge >= 0.3 is 0 Å². The zero-order chi connectivity index (χ0) is 14.5. The summed E-state index contributed by atoms with van der Waals surface area (Å²) >= 11 is 3.65. The molecule has 2 nitrogen and oxygen atoms in total. The molecule has 0 amide bonds. The summed E-state index contributed by atoms with van der Waals surface area (Å²) in [5, 5.41) is 9.19. The summed E-state index contributed by atoms with van der Waals surface area (Å²) in [6.07, 6.45) is 2.09. The van der Waals surface area contributed by atoms with Gasteiger partial charge in [0.1, 0.15) is 22.3 Å². The SMILES string of the molecule is CC1=C(C)C[C@]2(CC(C)(C)Oc3cc(C#N)sc32)SC1. The first-order valence-corrected chi connectivity index (χ1v) is 8.68. The molecule has 0 N–H and O–H groups in total. The van der Waals surface area contributed by atoms with E-state index in [2.05, 4.69) is 33.8 Å². The fourth-order valence-electron chi connectivity index (χ4n) is 3.18. The Labute approximate surface area is 128 Å². The first kappa shape index (κ1) is 14.0. The number of thiophene rings is 1. The monoisotopic (exact) mass is 305 g/mol. The van der Waals surface area contributed by atoms with Gasteiger partial charge in [-0.25, -0.2) is 0 Å². The molecule has 0 unspecified atom stereocenters. The Morgan fingerprint density at radius 3 is 2.70 bits per heavy atom. The standard InChI is InChI=1S/C16H19NOS2/c1-10-6-16(19-8-11(10)2)9-15(3,4)18-13-5-12(7-17)20-14(13)16/h5H,6,8-9H2,1-4H3/t16-/m1/s1. The summed E-state index contributed by atoms with van der Waals surface area (Å²) in [6.45, 7) is 8.79. The molecule has 0 fully saturated rings. The largest absolute Gasteiger partial charge is 0.487 e. The van der Waals surface area contributed by atoms with Crippen molar-refractivity contribution in [1.82, 2.24) is 0 Å². The van der Waals surface area contributed by atoms with Crippen LogP contribution in [-0.2, 0) is 4.75 Å². The molecular weight excluding hydrogens is 286 g/mol. The summed E-state index contributed by atoms with van der Waals surface area (Å²) in [5.41, 5.74) is 2.84. The van der Waals surface area contributed by atoms with Gasteiger partial charge in [-0.05, 0) is 34.1 Å². The molecule has 2 aliphatic rings. The second kappa shape index (κ2) is 4.54. The molecule has 3 rings (SSSR count). The molecule has 0 radical (unpaired) electrons. The Kier molecular flexibility index (Phi) is 3.19. The van der Waals surface area contributed by atoms with E-state index < -0.39 is 0 Å². The van der Waals surface area contributed by atoms with Gasteiger partial charge in [-0.15, -0.1) is 23.1 Å². The Balaban J connectivity index is 2.13. The Bertz CT molecular complexity index is 635. The van der Waals surface area contributed by atoms with Gasteiger partial charge in [0.2, 0.25) is 0 Å². The third-order valence-corrected chi connectivity index (χ3v) is 7.14. The van der Waals surface area contributed by atoms with Crippen molar-refractivity contribution in [2.75, 3.05) is 5.75 Å². The summed E-state index contributed by atoms with van der Waals surface area (Å²) in [4.78, 5) is 2.03. The highest BCUT2D eigenvalue weighted by atomic mass is 32.2. The van der Waals surface area contributed by atoms with E-state index >= 15 is 0 Å². The average Bonchev–Trinajstić information content (AvgIpc) is 2.76. The normalized spacial score (nSPS) is 27.9. The smallest absolute Gasteiger partial charge is 0.136 e. The molecule has 0 saturated carbocycles. The van der Waals surface area contributed by atoms with Gasteiger partial charge in [-0.2, -0.15) is 5.26 Å². The van der Waals surface area contributed by atoms with Gasteiger partial charge in [0.15, 0.2) is 0 Å². The topological polar surface area (TPSA) is 33.0 Å². The molecule has 1 aromatic heterocycles. The van der Waals surface area contributed by atoms with E-state index in [-0.39, 0.29) is 10.3 Å². The highest BCUT2D eigenvalue weighted by Crippen LogP contribution is 2.59. The van der Waals surface area contributed by atoms with E-state index in [1.807, 2.05) is 17.8 Å². The third kappa shape index (κ3) is 2.17. The number of nitriles is 1. The van der Waals surface area contributed by atoms with Gasteiger partial charge in [-0.3, -0.25) is 0 Å². The van der Waals surface area contributed by atoms with Crippen LogP contribution in [0, 0.1) is 11.3 Å².